The Morgan fingerprint density at radius 1 is 1.21 bits per heavy atom. The number of rotatable bonds is 4. The van der Waals surface area contributed by atoms with Gasteiger partial charge in [-0.1, -0.05) is 13.0 Å². The lowest BCUT2D eigenvalue weighted by Crippen LogP contribution is -2.16. The molecule has 24 heavy (non-hydrogen) atoms. The van der Waals surface area contributed by atoms with E-state index in [-0.39, 0.29) is 5.91 Å². The second kappa shape index (κ2) is 6.35. The largest absolute Gasteiger partial charge is 0.378 e. The number of imidazole rings is 1. The molecule has 3 aromatic rings. The van der Waals surface area contributed by atoms with E-state index in [4.69, 9.17) is 0 Å². The summed E-state index contributed by atoms with van der Waals surface area (Å²) in [5.41, 5.74) is 5.17. The highest BCUT2D eigenvalue weighted by Gasteiger charge is 2.19. The molecule has 0 radical (unpaired) electrons. The van der Waals surface area contributed by atoms with Crippen molar-refractivity contribution in [3.63, 3.8) is 0 Å². The average molecular weight is 322 g/mol. The van der Waals surface area contributed by atoms with Gasteiger partial charge in [0.15, 0.2) is 0 Å². The van der Waals surface area contributed by atoms with Crippen molar-refractivity contribution in [1.82, 2.24) is 9.38 Å². The number of benzene rings is 1. The molecular formula is C19H22N4O. The van der Waals surface area contributed by atoms with Crippen LogP contribution >= 0.6 is 0 Å². The summed E-state index contributed by atoms with van der Waals surface area (Å²) < 4.78 is 1.87. The number of aryl methyl sites for hydroxylation is 2. The summed E-state index contributed by atoms with van der Waals surface area (Å²) in [6, 6.07) is 11.7. The second-order valence-electron chi connectivity index (χ2n) is 6.04. The second-order valence-corrected chi connectivity index (χ2v) is 6.04. The zero-order valence-electron chi connectivity index (χ0n) is 14.5. The molecule has 124 valence electrons. The van der Waals surface area contributed by atoms with Crippen molar-refractivity contribution in [1.29, 1.82) is 0 Å². The van der Waals surface area contributed by atoms with Crippen molar-refractivity contribution in [2.24, 2.45) is 0 Å². The number of hydrogen-bond donors (Lipinski definition) is 1. The third-order valence-corrected chi connectivity index (χ3v) is 4.11. The van der Waals surface area contributed by atoms with Crippen LogP contribution in [0.2, 0.25) is 0 Å². The fourth-order valence-electron chi connectivity index (χ4n) is 2.77. The molecule has 5 heteroatoms. The minimum atomic E-state index is -0.137. The Bertz CT molecular complexity index is 878. The van der Waals surface area contributed by atoms with Gasteiger partial charge in [0, 0.05) is 31.7 Å². The third kappa shape index (κ3) is 2.85. The maximum Gasteiger partial charge on any atom is 0.274 e. The van der Waals surface area contributed by atoms with Crippen LogP contribution in [-0.4, -0.2) is 29.4 Å². The Kier molecular flexibility index (Phi) is 4.25. The molecule has 0 aliphatic heterocycles. The fraction of sp³-hybridized carbons (Fsp3) is 0.263. The van der Waals surface area contributed by atoms with Crippen molar-refractivity contribution in [2.45, 2.75) is 20.3 Å². The van der Waals surface area contributed by atoms with Gasteiger partial charge in [0.05, 0.1) is 5.69 Å². The molecule has 2 heterocycles. The van der Waals surface area contributed by atoms with E-state index in [9.17, 15) is 4.79 Å². The van der Waals surface area contributed by atoms with E-state index in [0.29, 0.717) is 12.1 Å². The topological polar surface area (TPSA) is 49.6 Å². The summed E-state index contributed by atoms with van der Waals surface area (Å²) in [5, 5.41) is 2.98. The molecule has 0 aliphatic carbocycles. The third-order valence-electron chi connectivity index (χ3n) is 4.11. The van der Waals surface area contributed by atoms with E-state index in [1.165, 1.54) is 0 Å². The monoisotopic (exact) mass is 322 g/mol. The normalized spacial score (nSPS) is 10.8. The Labute approximate surface area is 141 Å². The molecule has 5 nitrogen and oxygen atoms in total. The number of pyridine rings is 1. The van der Waals surface area contributed by atoms with Gasteiger partial charge >= 0.3 is 0 Å². The van der Waals surface area contributed by atoms with Crippen LogP contribution in [0.3, 0.4) is 0 Å². The summed E-state index contributed by atoms with van der Waals surface area (Å²) in [6.45, 7) is 4.02. The lowest BCUT2D eigenvalue weighted by Gasteiger charge is -2.13. The van der Waals surface area contributed by atoms with Crippen LogP contribution in [0, 0.1) is 6.92 Å². The number of amides is 1. The standard InChI is InChI=1S/C19H22N4O/c1-5-16-17(23-12-6-7-13(2)18(23)21-16)19(24)20-14-8-10-15(11-9-14)22(3)4/h6-12H,5H2,1-4H3,(H,20,24). The van der Waals surface area contributed by atoms with Crippen LogP contribution in [0.25, 0.3) is 5.65 Å². The summed E-state index contributed by atoms with van der Waals surface area (Å²) in [7, 11) is 3.98. The molecule has 1 amide bonds. The van der Waals surface area contributed by atoms with E-state index in [0.717, 1.165) is 28.3 Å². The minimum Gasteiger partial charge on any atom is -0.378 e. The maximum atomic E-state index is 12.8. The van der Waals surface area contributed by atoms with Gasteiger partial charge in [0.25, 0.3) is 5.91 Å². The van der Waals surface area contributed by atoms with Crippen LogP contribution in [0.15, 0.2) is 42.6 Å². The van der Waals surface area contributed by atoms with E-state index >= 15 is 0 Å². The Morgan fingerprint density at radius 3 is 2.54 bits per heavy atom. The lowest BCUT2D eigenvalue weighted by atomic mass is 10.2. The fourth-order valence-corrected chi connectivity index (χ4v) is 2.77. The summed E-state index contributed by atoms with van der Waals surface area (Å²) in [5.74, 6) is -0.137. The van der Waals surface area contributed by atoms with Crippen molar-refractivity contribution < 1.29 is 4.79 Å². The zero-order chi connectivity index (χ0) is 17.3. The van der Waals surface area contributed by atoms with E-state index in [2.05, 4.69) is 10.3 Å². The molecule has 0 aliphatic rings. The van der Waals surface area contributed by atoms with Crippen molar-refractivity contribution in [3.05, 3.63) is 59.5 Å². The molecule has 2 aromatic heterocycles. The molecule has 0 fully saturated rings. The first-order valence-electron chi connectivity index (χ1n) is 8.06. The summed E-state index contributed by atoms with van der Waals surface area (Å²) in [4.78, 5) is 19.5. The van der Waals surface area contributed by atoms with Gasteiger partial charge < -0.3 is 10.2 Å². The van der Waals surface area contributed by atoms with Gasteiger partial charge in [-0.15, -0.1) is 0 Å². The molecule has 0 spiro atoms. The maximum absolute atomic E-state index is 12.8. The number of fused-ring (bicyclic) bond motifs is 1. The molecule has 1 aromatic carbocycles. The van der Waals surface area contributed by atoms with Gasteiger partial charge in [0.2, 0.25) is 0 Å². The predicted octanol–water partition coefficient (Wildman–Crippen LogP) is 3.52. The molecule has 0 saturated carbocycles. The van der Waals surface area contributed by atoms with Gasteiger partial charge in [0.1, 0.15) is 11.3 Å². The van der Waals surface area contributed by atoms with Crippen LogP contribution in [0.5, 0.6) is 0 Å². The highest BCUT2D eigenvalue weighted by Crippen LogP contribution is 2.20. The summed E-state index contributed by atoms with van der Waals surface area (Å²) >= 11 is 0. The Morgan fingerprint density at radius 2 is 1.92 bits per heavy atom. The molecular weight excluding hydrogens is 300 g/mol. The first kappa shape index (κ1) is 16.1. The molecule has 0 saturated heterocycles. The van der Waals surface area contributed by atoms with Crippen LogP contribution in [-0.2, 0) is 6.42 Å². The molecule has 0 unspecified atom stereocenters. The van der Waals surface area contributed by atoms with Crippen LogP contribution in [0.1, 0.15) is 28.7 Å². The number of anilines is 2. The zero-order valence-corrected chi connectivity index (χ0v) is 14.5. The first-order chi connectivity index (χ1) is 11.5. The quantitative estimate of drug-likeness (QED) is 0.799. The molecule has 0 atom stereocenters. The van der Waals surface area contributed by atoms with Gasteiger partial charge in [-0.05, 0) is 49.2 Å². The molecule has 3 rings (SSSR count). The van der Waals surface area contributed by atoms with Gasteiger partial charge in [-0.2, -0.15) is 0 Å². The molecule has 1 N–H and O–H groups in total. The average Bonchev–Trinajstić information content (AvgIpc) is 2.95. The lowest BCUT2D eigenvalue weighted by molar-refractivity contribution is 0.102. The first-order valence-corrected chi connectivity index (χ1v) is 8.06. The highest BCUT2D eigenvalue weighted by molar-refractivity contribution is 6.04. The number of nitrogens with zero attached hydrogens (tertiary/aromatic N) is 3. The van der Waals surface area contributed by atoms with E-state index in [1.807, 2.05) is 79.8 Å². The number of hydrogen-bond acceptors (Lipinski definition) is 3. The Hall–Kier alpha value is -2.82. The van der Waals surface area contributed by atoms with E-state index in [1.54, 1.807) is 0 Å². The number of carbonyl (C=O) groups excluding carboxylic acids is 1. The molecule has 0 bridgehead atoms. The summed E-state index contributed by atoms with van der Waals surface area (Å²) in [6.07, 6.45) is 2.60. The van der Waals surface area contributed by atoms with Gasteiger partial charge in [-0.25, -0.2) is 4.98 Å². The number of aromatic nitrogens is 2. The van der Waals surface area contributed by atoms with Crippen molar-refractivity contribution >= 4 is 22.9 Å². The minimum absolute atomic E-state index is 0.137. The van der Waals surface area contributed by atoms with Crippen molar-refractivity contribution in [3.8, 4) is 0 Å². The van der Waals surface area contributed by atoms with Crippen molar-refractivity contribution in [2.75, 3.05) is 24.3 Å². The predicted molar refractivity (Wildman–Crippen MR) is 98.0 cm³/mol. The SMILES string of the molecule is CCc1nc2c(C)cccn2c1C(=O)Nc1ccc(N(C)C)cc1. The Balaban J connectivity index is 1.95. The number of carbonyl (C=O) groups is 1. The number of nitrogens with one attached hydrogen (secondary N) is 1. The van der Waals surface area contributed by atoms with E-state index < -0.39 is 0 Å². The van der Waals surface area contributed by atoms with Gasteiger partial charge in [-0.3, -0.25) is 9.20 Å². The van der Waals surface area contributed by atoms with Crippen LogP contribution < -0.4 is 10.2 Å². The van der Waals surface area contributed by atoms with Crippen LogP contribution in [0.4, 0.5) is 11.4 Å². The smallest absolute Gasteiger partial charge is 0.274 e. The highest BCUT2D eigenvalue weighted by atomic mass is 16.2.